The Morgan fingerprint density at radius 1 is 1.12 bits per heavy atom. The maximum absolute atomic E-state index is 11.6. The summed E-state index contributed by atoms with van der Waals surface area (Å²) in [6, 6.07) is -0.218. The van der Waals surface area contributed by atoms with Gasteiger partial charge in [0.25, 0.3) is 0 Å². The zero-order valence-corrected chi connectivity index (χ0v) is 12.8. The molecule has 0 heterocycles. The van der Waals surface area contributed by atoms with Crippen molar-refractivity contribution in [2.75, 3.05) is 23.1 Å². The minimum Gasteiger partial charge on any atom is -0.229 e. The first-order valence-corrected chi connectivity index (χ1v) is 9.64. The highest BCUT2D eigenvalue weighted by Crippen LogP contribution is 2.06. The van der Waals surface area contributed by atoms with Gasteiger partial charge in [-0.25, -0.2) is 21.6 Å². The van der Waals surface area contributed by atoms with Crippen molar-refractivity contribution in [2.24, 2.45) is 5.92 Å². The molecule has 5 nitrogen and oxygen atoms in total. The normalized spacial score (nSPS) is 15.3. The van der Waals surface area contributed by atoms with Crippen LogP contribution in [0.3, 0.4) is 0 Å². The van der Waals surface area contributed by atoms with E-state index in [0.717, 1.165) is 6.26 Å². The summed E-state index contributed by atoms with van der Waals surface area (Å²) in [6.45, 7) is 3.79. The monoisotopic (exact) mass is 335 g/mol. The molecular weight excluding hydrogens is 318 g/mol. The Bertz CT molecular complexity index is 402. The van der Waals surface area contributed by atoms with Crippen LogP contribution in [0.4, 0.5) is 0 Å². The second-order valence-corrected chi connectivity index (χ2v) is 8.85. The SMILES string of the molecule is CC(C)C(CBr)NS(=O)(=O)CCS(C)(=O)=O. The Morgan fingerprint density at radius 3 is 1.94 bits per heavy atom. The summed E-state index contributed by atoms with van der Waals surface area (Å²) in [4.78, 5) is 0. The van der Waals surface area contributed by atoms with E-state index in [1.165, 1.54) is 0 Å². The minimum atomic E-state index is -3.53. The molecule has 1 unspecified atom stereocenters. The lowest BCUT2D eigenvalue weighted by Gasteiger charge is -2.19. The van der Waals surface area contributed by atoms with Crippen LogP contribution in [0.15, 0.2) is 0 Å². The molecule has 0 radical (unpaired) electrons. The van der Waals surface area contributed by atoms with Gasteiger partial charge in [0.15, 0.2) is 0 Å². The van der Waals surface area contributed by atoms with Gasteiger partial charge in [-0.1, -0.05) is 29.8 Å². The number of sulfonamides is 1. The third kappa shape index (κ3) is 7.59. The number of alkyl halides is 1. The molecule has 0 aromatic heterocycles. The fourth-order valence-corrected chi connectivity index (χ4v) is 5.04. The zero-order valence-electron chi connectivity index (χ0n) is 9.60. The summed E-state index contributed by atoms with van der Waals surface area (Å²) in [6.07, 6.45) is 1.02. The number of halogens is 1. The van der Waals surface area contributed by atoms with Crippen LogP contribution in [0.25, 0.3) is 0 Å². The maximum atomic E-state index is 11.6. The van der Waals surface area contributed by atoms with Gasteiger partial charge in [-0.05, 0) is 5.92 Å². The highest BCUT2D eigenvalue weighted by atomic mass is 79.9. The molecule has 16 heavy (non-hydrogen) atoms. The Balaban J connectivity index is 4.46. The van der Waals surface area contributed by atoms with Crippen LogP contribution in [0.1, 0.15) is 13.8 Å². The molecule has 0 rings (SSSR count). The quantitative estimate of drug-likeness (QED) is 0.681. The van der Waals surface area contributed by atoms with E-state index in [2.05, 4.69) is 20.7 Å². The van der Waals surface area contributed by atoms with Crippen LogP contribution in [0.5, 0.6) is 0 Å². The van der Waals surface area contributed by atoms with E-state index < -0.39 is 19.9 Å². The summed E-state index contributed by atoms with van der Waals surface area (Å²) in [5, 5.41) is 0.503. The van der Waals surface area contributed by atoms with Crippen molar-refractivity contribution in [1.29, 1.82) is 0 Å². The van der Waals surface area contributed by atoms with Crippen molar-refractivity contribution in [3.63, 3.8) is 0 Å². The molecular formula is C8H18BrNO4S2. The average molecular weight is 336 g/mol. The van der Waals surface area contributed by atoms with E-state index in [0.29, 0.717) is 5.33 Å². The Morgan fingerprint density at radius 2 is 1.62 bits per heavy atom. The molecule has 0 aliphatic rings. The lowest BCUT2D eigenvalue weighted by molar-refractivity contribution is 0.484. The molecule has 0 amide bonds. The van der Waals surface area contributed by atoms with Crippen LogP contribution in [-0.2, 0) is 19.9 Å². The molecule has 1 N–H and O–H groups in total. The van der Waals surface area contributed by atoms with Crippen molar-refractivity contribution in [2.45, 2.75) is 19.9 Å². The first-order valence-electron chi connectivity index (χ1n) is 4.81. The van der Waals surface area contributed by atoms with Gasteiger partial charge in [-0.15, -0.1) is 0 Å². The summed E-state index contributed by atoms with van der Waals surface area (Å²) in [5.41, 5.74) is 0. The molecule has 0 aliphatic heterocycles. The average Bonchev–Trinajstić information content (AvgIpc) is 2.10. The van der Waals surface area contributed by atoms with Crippen molar-refractivity contribution in [3.8, 4) is 0 Å². The van der Waals surface area contributed by atoms with E-state index in [1.807, 2.05) is 13.8 Å². The Hall–Kier alpha value is 0.340. The number of sulfone groups is 1. The highest BCUT2D eigenvalue weighted by molar-refractivity contribution is 9.09. The molecule has 0 aromatic rings. The van der Waals surface area contributed by atoms with Gasteiger partial charge >= 0.3 is 0 Å². The molecule has 0 saturated heterocycles. The first kappa shape index (κ1) is 16.3. The lowest BCUT2D eigenvalue weighted by atomic mass is 10.1. The van der Waals surface area contributed by atoms with E-state index in [1.54, 1.807) is 0 Å². The summed E-state index contributed by atoms with van der Waals surface area (Å²) >= 11 is 3.21. The number of hydrogen-bond acceptors (Lipinski definition) is 4. The third-order valence-corrected chi connectivity index (χ3v) is 5.33. The summed E-state index contributed by atoms with van der Waals surface area (Å²) < 4.78 is 47.3. The van der Waals surface area contributed by atoms with Crippen molar-refractivity contribution >= 4 is 35.8 Å². The van der Waals surface area contributed by atoms with Gasteiger partial charge in [-0.3, -0.25) is 0 Å². The van der Waals surface area contributed by atoms with Gasteiger partial charge in [0, 0.05) is 17.6 Å². The predicted molar refractivity (Wildman–Crippen MR) is 69.1 cm³/mol. The molecule has 0 aromatic carbocycles. The van der Waals surface area contributed by atoms with Gasteiger partial charge in [-0.2, -0.15) is 0 Å². The second-order valence-electron chi connectivity index (χ2n) is 4.07. The van der Waals surface area contributed by atoms with Crippen LogP contribution in [0.2, 0.25) is 0 Å². The first-order chi connectivity index (χ1) is 7.07. The summed E-state index contributed by atoms with van der Waals surface area (Å²) in [7, 11) is -6.78. The molecule has 8 heteroatoms. The molecule has 0 bridgehead atoms. The van der Waals surface area contributed by atoms with Gasteiger partial charge in [0.05, 0.1) is 11.5 Å². The predicted octanol–water partition coefficient (Wildman–Crippen LogP) is 0.370. The molecule has 0 fully saturated rings. The molecule has 98 valence electrons. The van der Waals surface area contributed by atoms with Crippen molar-refractivity contribution in [1.82, 2.24) is 4.72 Å². The molecule has 0 spiro atoms. The Kier molecular flexibility index (Phi) is 6.45. The number of rotatable bonds is 7. The van der Waals surface area contributed by atoms with Crippen LogP contribution in [0, 0.1) is 5.92 Å². The van der Waals surface area contributed by atoms with Crippen LogP contribution < -0.4 is 4.72 Å². The summed E-state index contributed by atoms with van der Waals surface area (Å²) in [5.74, 6) is -0.593. The van der Waals surface area contributed by atoms with Gasteiger partial charge in [0.2, 0.25) is 10.0 Å². The van der Waals surface area contributed by atoms with Crippen LogP contribution >= 0.6 is 15.9 Å². The van der Waals surface area contributed by atoms with Gasteiger partial charge < -0.3 is 0 Å². The number of nitrogens with one attached hydrogen (secondary N) is 1. The topological polar surface area (TPSA) is 80.3 Å². The molecule has 0 aliphatic carbocycles. The zero-order chi connectivity index (χ0) is 13.0. The highest BCUT2D eigenvalue weighted by Gasteiger charge is 2.21. The van der Waals surface area contributed by atoms with E-state index >= 15 is 0 Å². The third-order valence-electron chi connectivity index (χ3n) is 2.02. The van der Waals surface area contributed by atoms with E-state index in [-0.39, 0.29) is 23.5 Å². The standard InChI is InChI=1S/C8H18BrNO4S2/c1-7(2)8(6-9)10-16(13,14)5-4-15(3,11)12/h7-8,10H,4-6H2,1-3H3. The number of hydrogen-bond donors (Lipinski definition) is 1. The second kappa shape index (κ2) is 6.32. The fourth-order valence-electron chi connectivity index (χ4n) is 0.896. The van der Waals surface area contributed by atoms with E-state index in [4.69, 9.17) is 0 Å². The Labute approximate surface area is 106 Å². The maximum Gasteiger partial charge on any atom is 0.212 e. The van der Waals surface area contributed by atoms with E-state index in [9.17, 15) is 16.8 Å². The fraction of sp³-hybridized carbons (Fsp3) is 1.00. The molecule has 0 saturated carbocycles. The largest absolute Gasteiger partial charge is 0.229 e. The van der Waals surface area contributed by atoms with Crippen molar-refractivity contribution < 1.29 is 16.8 Å². The van der Waals surface area contributed by atoms with Crippen LogP contribution in [-0.4, -0.2) is 46.0 Å². The lowest BCUT2D eigenvalue weighted by Crippen LogP contribution is -2.41. The van der Waals surface area contributed by atoms with Gasteiger partial charge in [0.1, 0.15) is 9.84 Å². The smallest absolute Gasteiger partial charge is 0.212 e. The minimum absolute atomic E-state index is 0.146. The molecule has 1 atom stereocenters. The van der Waals surface area contributed by atoms with Crippen molar-refractivity contribution in [3.05, 3.63) is 0 Å².